The summed E-state index contributed by atoms with van der Waals surface area (Å²) < 4.78 is 19.0. The zero-order chi connectivity index (χ0) is 107. The highest BCUT2D eigenvalue weighted by atomic mass is 19.1. The summed E-state index contributed by atoms with van der Waals surface area (Å²) in [7, 11) is 1.71. The molecule has 18 rings (SSSR count). The van der Waals surface area contributed by atoms with Crippen molar-refractivity contribution in [1.82, 2.24) is 0 Å². The number of benzene rings is 18. The van der Waals surface area contributed by atoms with Crippen LogP contribution in [0.5, 0.6) is 5.75 Å². The normalized spacial score (nSPS) is 10.9. The lowest BCUT2D eigenvalue weighted by atomic mass is 9.86. The van der Waals surface area contributed by atoms with Gasteiger partial charge in [0.15, 0.2) is 0 Å². The van der Waals surface area contributed by atoms with Gasteiger partial charge >= 0.3 is 0 Å². The Bertz CT molecular complexity index is 6580. The average Bonchev–Trinajstić information content (AvgIpc) is 0.826. The van der Waals surface area contributed by atoms with E-state index in [1.165, 1.54) is 179 Å². The second-order valence-corrected chi connectivity index (χ2v) is 43.2. The Morgan fingerprint density at radius 1 is 0.169 bits per heavy atom. The second kappa shape index (κ2) is 57.7. The van der Waals surface area contributed by atoms with Crippen molar-refractivity contribution in [2.24, 2.45) is 0 Å². The van der Waals surface area contributed by atoms with Crippen molar-refractivity contribution >= 4 is 0 Å². The summed E-state index contributed by atoms with van der Waals surface area (Å²) >= 11 is 0. The molecule has 0 N–H and O–H groups in total. The maximum absolute atomic E-state index is 13.6. The predicted molar refractivity (Wildman–Crippen MR) is 647 cm³/mol. The Morgan fingerprint density at radius 2 is 0.351 bits per heavy atom. The topological polar surface area (TPSA) is 9.23 Å². The van der Waals surface area contributed by atoms with E-state index in [-0.39, 0.29) is 11.2 Å². The molecule has 0 saturated carbocycles. The Balaban J connectivity index is 0.000000170. The third-order valence-electron chi connectivity index (χ3n) is 26.9. The molecule has 0 bridgehead atoms. The Hall–Kier alpha value is -14.3. The summed E-state index contributed by atoms with van der Waals surface area (Å²) in [5.41, 5.74) is 44.2. The van der Waals surface area contributed by atoms with Gasteiger partial charge in [0, 0.05) is 11.1 Å². The zero-order valence-electron chi connectivity index (χ0n) is 94.1. The Labute approximate surface area is 893 Å². The van der Waals surface area contributed by atoms with Gasteiger partial charge < -0.3 is 4.74 Å². The summed E-state index contributed by atoms with van der Waals surface area (Å²) in [5, 5.41) is 0. The van der Waals surface area contributed by atoms with Crippen LogP contribution in [0, 0.1) is 47.4 Å². The molecule has 18 aromatic rings. The molecule has 0 aromatic heterocycles. The van der Waals surface area contributed by atoms with Crippen molar-refractivity contribution in [2.45, 2.75) is 246 Å². The van der Waals surface area contributed by atoms with E-state index in [2.05, 4.69) is 569 Å². The predicted octanol–water partition coefficient (Wildman–Crippen LogP) is 43.6. The van der Waals surface area contributed by atoms with Gasteiger partial charge in [0.05, 0.1) is 7.11 Å². The van der Waals surface area contributed by atoms with E-state index in [0.29, 0.717) is 58.8 Å². The maximum atomic E-state index is 13.6. The molecule has 148 heavy (non-hydrogen) atoms. The molecule has 0 radical (unpaired) electrons. The maximum Gasteiger partial charge on any atom is 0.131 e. The number of aryl methyl sites for hydroxylation is 6. The van der Waals surface area contributed by atoms with Gasteiger partial charge in [0.2, 0.25) is 0 Å². The summed E-state index contributed by atoms with van der Waals surface area (Å²) in [6, 6.07) is 155. The number of ether oxygens (including phenoxy) is 1. The molecule has 0 atom stereocenters. The molecule has 2 heteroatoms. The van der Waals surface area contributed by atoms with Crippen molar-refractivity contribution in [3.63, 3.8) is 0 Å². The van der Waals surface area contributed by atoms with E-state index >= 15 is 0 Å². The first-order valence-electron chi connectivity index (χ1n) is 53.6. The quantitative estimate of drug-likeness (QED) is 0.0784. The highest BCUT2D eigenvalue weighted by Gasteiger charge is 2.16. The van der Waals surface area contributed by atoms with Crippen LogP contribution in [0.4, 0.5) is 4.39 Å². The van der Waals surface area contributed by atoms with Gasteiger partial charge in [-0.15, -0.1) is 0 Å². The standard InChI is InChI=1S/C19H24.C16H18O.6C16H18.C15H15F/c1-14(2)16-7-6-8-17(13-16)15-9-11-18(12-10-15)19(3,4)5;1-12(2)13-7-6-8-14(11-13)15-9-4-5-10-16(15)17-3;2*1-12(2)14-7-5-9-16(11-14)15-8-4-6-13(3)10-15;4*1-12(2)15-5-4-6-16(11-15)14-9-7-13(3)8-10-14;1-11(2)12-6-5-7-13(10-12)14-8-3-4-9-15(14)16/h6-14H,1-5H3;4-12H,1-3H3;6*4-12H,1-3H3;3-11H,1-2H3. The summed E-state index contributed by atoms with van der Waals surface area (Å²) in [4.78, 5) is 0. The van der Waals surface area contributed by atoms with Crippen LogP contribution in [0.2, 0.25) is 0 Å². The van der Waals surface area contributed by atoms with E-state index in [4.69, 9.17) is 4.74 Å². The molecule has 0 heterocycles. The lowest BCUT2D eigenvalue weighted by Gasteiger charge is -2.19. The molecular formula is C146H165FO. The van der Waals surface area contributed by atoms with Crippen LogP contribution in [0.15, 0.2) is 437 Å². The lowest BCUT2D eigenvalue weighted by molar-refractivity contribution is 0.416. The second-order valence-electron chi connectivity index (χ2n) is 43.2. The van der Waals surface area contributed by atoms with Crippen molar-refractivity contribution in [2.75, 3.05) is 7.11 Å². The molecular weight excluding hydrogens is 1790 g/mol. The van der Waals surface area contributed by atoms with Crippen LogP contribution in [-0.2, 0) is 5.41 Å². The van der Waals surface area contributed by atoms with Crippen LogP contribution in [0.3, 0.4) is 0 Å². The molecule has 0 aliphatic rings. The Morgan fingerprint density at radius 3 is 0.568 bits per heavy atom. The minimum atomic E-state index is -0.164. The molecule has 18 aromatic carbocycles. The van der Waals surface area contributed by atoms with Gasteiger partial charge in [0.1, 0.15) is 11.6 Å². The van der Waals surface area contributed by atoms with Gasteiger partial charge in [-0.05, 0) is 257 Å². The highest BCUT2D eigenvalue weighted by molar-refractivity contribution is 5.74. The molecule has 0 unspecified atom stereocenters. The summed E-state index contributed by atoms with van der Waals surface area (Å²) in [6.45, 7) is 59.4. The minimum absolute atomic E-state index is 0.164. The number of methoxy groups -OCH3 is 1. The fourth-order valence-corrected chi connectivity index (χ4v) is 17.0. The molecule has 0 fully saturated rings. The first-order valence-corrected chi connectivity index (χ1v) is 53.6. The van der Waals surface area contributed by atoms with Crippen molar-refractivity contribution in [3.05, 3.63) is 532 Å². The van der Waals surface area contributed by atoms with Crippen LogP contribution in [0.25, 0.3) is 100 Å². The van der Waals surface area contributed by atoms with Crippen molar-refractivity contribution in [1.29, 1.82) is 0 Å². The fourth-order valence-electron chi connectivity index (χ4n) is 17.0. The van der Waals surface area contributed by atoms with Gasteiger partial charge in [-0.1, -0.05) is 603 Å². The third-order valence-corrected chi connectivity index (χ3v) is 26.9. The van der Waals surface area contributed by atoms with E-state index in [1.807, 2.05) is 42.5 Å². The van der Waals surface area contributed by atoms with Crippen LogP contribution in [0.1, 0.15) is 288 Å². The van der Waals surface area contributed by atoms with Crippen LogP contribution in [-0.4, -0.2) is 7.11 Å². The largest absolute Gasteiger partial charge is 0.496 e. The van der Waals surface area contributed by atoms with E-state index in [1.54, 1.807) is 13.2 Å². The number of rotatable bonds is 19. The fraction of sp³-hybridized carbons (Fsp3) is 0.260. The summed E-state index contributed by atoms with van der Waals surface area (Å²) in [5.74, 6) is 5.88. The molecule has 1 nitrogen and oxygen atoms in total. The average molecular weight is 1950 g/mol. The van der Waals surface area contributed by atoms with E-state index < -0.39 is 0 Å². The number of hydrogen-bond donors (Lipinski definition) is 0. The minimum Gasteiger partial charge on any atom is -0.496 e. The molecule has 0 spiro atoms. The van der Waals surface area contributed by atoms with Crippen LogP contribution < -0.4 is 4.74 Å². The lowest BCUT2D eigenvalue weighted by Crippen LogP contribution is -2.10. The van der Waals surface area contributed by atoms with Gasteiger partial charge in [-0.2, -0.15) is 0 Å². The van der Waals surface area contributed by atoms with Crippen LogP contribution >= 0.6 is 0 Å². The number of hydrogen-bond acceptors (Lipinski definition) is 1. The third kappa shape index (κ3) is 36.7. The highest BCUT2D eigenvalue weighted by Crippen LogP contribution is 2.37. The molecule has 0 aliphatic carbocycles. The molecule has 0 saturated heterocycles. The van der Waals surface area contributed by atoms with Crippen molar-refractivity contribution in [3.8, 4) is 106 Å². The van der Waals surface area contributed by atoms with E-state index in [9.17, 15) is 4.39 Å². The molecule has 0 amide bonds. The molecule has 762 valence electrons. The van der Waals surface area contributed by atoms with Gasteiger partial charge in [-0.25, -0.2) is 4.39 Å². The monoisotopic (exact) mass is 1950 g/mol. The Kier molecular flexibility index (Phi) is 45.1. The van der Waals surface area contributed by atoms with E-state index in [0.717, 1.165) is 16.9 Å². The smallest absolute Gasteiger partial charge is 0.131 e. The van der Waals surface area contributed by atoms with Crippen molar-refractivity contribution < 1.29 is 9.13 Å². The molecule has 0 aliphatic heterocycles. The SMILES string of the molecule is CC(C)c1cccc(-c2ccc(C(C)(C)C)cc2)c1.CC(C)c1cccc(-c2ccccc2F)c1.COc1ccccc1-c1cccc(C(C)C)c1.Cc1ccc(-c2cccc(C(C)C)c2)cc1.Cc1ccc(-c2cccc(C(C)C)c2)cc1.Cc1ccc(-c2cccc(C(C)C)c2)cc1.Cc1ccc(-c2cccc(C(C)C)c2)cc1.Cc1cccc(-c2cccc(C(C)C)c2)c1.Cc1cccc(-c2cccc(C(C)C)c2)c1. The zero-order valence-corrected chi connectivity index (χ0v) is 94.1. The first kappa shape index (κ1) is 116. The number of halogens is 1. The van der Waals surface area contributed by atoms with Gasteiger partial charge in [-0.3, -0.25) is 0 Å². The van der Waals surface area contributed by atoms with Gasteiger partial charge in [0.25, 0.3) is 0 Å². The first-order chi connectivity index (χ1) is 70.8. The summed E-state index contributed by atoms with van der Waals surface area (Å²) in [6.07, 6.45) is 0. The number of para-hydroxylation sites is 1.